The Bertz CT molecular complexity index is 793. The van der Waals surface area contributed by atoms with Crippen molar-refractivity contribution in [3.63, 3.8) is 0 Å². The number of hydrogen-bond acceptors (Lipinski definition) is 1. The molecule has 2 aromatic rings. The van der Waals surface area contributed by atoms with E-state index in [-0.39, 0.29) is 0 Å². The van der Waals surface area contributed by atoms with Crippen molar-refractivity contribution in [1.82, 2.24) is 0 Å². The van der Waals surface area contributed by atoms with Crippen molar-refractivity contribution in [3.05, 3.63) is 79.6 Å². The van der Waals surface area contributed by atoms with Gasteiger partial charge in [0.15, 0.2) is 0 Å². The minimum absolute atomic E-state index is 0.439. The number of halogens is 3. The third-order valence-electron chi connectivity index (χ3n) is 5.38. The van der Waals surface area contributed by atoms with E-state index in [9.17, 15) is 0 Å². The van der Waals surface area contributed by atoms with Crippen molar-refractivity contribution < 1.29 is 0 Å². The molecule has 0 nitrogen and oxygen atoms in total. The lowest BCUT2D eigenvalue weighted by molar-refractivity contribution is 0.519. The summed E-state index contributed by atoms with van der Waals surface area (Å²) in [5.74, 6) is 1.49. The molecule has 4 heteroatoms. The predicted octanol–water partition coefficient (Wildman–Crippen LogP) is 10.3. The van der Waals surface area contributed by atoms with Crippen LogP contribution in [0, 0.1) is 6.92 Å². The van der Waals surface area contributed by atoms with Crippen molar-refractivity contribution in [2.75, 3.05) is 5.75 Å². The van der Waals surface area contributed by atoms with Crippen LogP contribution >= 0.6 is 46.6 Å². The maximum Gasteiger partial charge on any atom is 0.0458 e. The van der Waals surface area contributed by atoms with Gasteiger partial charge in [0.05, 0.1) is 0 Å². The second-order valence-corrected chi connectivity index (χ2v) is 10.5. The van der Waals surface area contributed by atoms with Crippen LogP contribution in [0.15, 0.2) is 47.9 Å². The van der Waals surface area contributed by atoms with E-state index < -0.39 is 0 Å². The van der Waals surface area contributed by atoms with Gasteiger partial charge in [-0.3, -0.25) is 0 Å². The van der Waals surface area contributed by atoms with Gasteiger partial charge < -0.3 is 0 Å². The molecule has 0 saturated heterocycles. The molecule has 1 atom stereocenters. The Morgan fingerprint density at radius 2 is 1.70 bits per heavy atom. The maximum atomic E-state index is 6.58. The molecule has 0 heterocycles. The van der Waals surface area contributed by atoms with E-state index in [4.69, 9.17) is 34.8 Å². The van der Waals surface area contributed by atoms with Crippen LogP contribution < -0.4 is 0 Å². The van der Waals surface area contributed by atoms with Crippen molar-refractivity contribution in [2.24, 2.45) is 0 Å². The fraction of sp³-hybridized carbons (Fsp3) is 0.462. The standard InChI is InChI=1S/C26H33Cl3S/c1-4-5-11-22(26-24(28)16-19(2)17-25(26)29)12-7-6-9-20(3)30-15-14-21-10-8-13-23(27)18-21/h8,10,13,16-18,22H,3-7,9,11-12,14-15H2,1-2H3. The van der Waals surface area contributed by atoms with Crippen LogP contribution in [-0.2, 0) is 6.42 Å². The Kier molecular flexibility index (Phi) is 11.7. The first kappa shape index (κ1) is 25.7. The van der Waals surface area contributed by atoms with Gasteiger partial charge in [0.1, 0.15) is 0 Å². The summed E-state index contributed by atoms with van der Waals surface area (Å²) >= 11 is 21.1. The summed E-state index contributed by atoms with van der Waals surface area (Å²) in [5, 5.41) is 2.45. The summed E-state index contributed by atoms with van der Waals surface area (Å²) in [5.41, 5.74) is 3.55. The highest BCUT2D eigenvalue weighted by Crippen LogP contribution is 2.38. The van der Waals surface area contributed by atoms with Gasteiger partial charge in [0, 0.05) is 20.8 Å². The molecule has 0 fully saturated rings. The van der Waals surface area contributed by atoms with Gasteiger partial charge in [-0.1, -0.05) is 79.7 Å². The largest absolute Gasteiger partial charge is 0.131 e. The Hall–Kier alpha value is -0.600. The summed E-state index contributed by atoms with van der Waals surface area (Å²) in [7, 11) is 0. The molecule has 2 aromatic carbocycles. The normalized spacial score (nSPS) is 12.2. The van der Waals surface area contributed by atoms with Crippen LogP contribution in [0.3, 0.4) is 0 Å². The highest BCUT2D eigenvalue weighted by atomic mass is 35.5. The number of benzene rings is 2. The van der Waals surface area contributed by atoms with Crippen LogP contribution in [0.25, 0.3) is 0 Å². The fourth-order valence-corrected chi connectivity index (χ4v) is 5.81. The monoisotopic (exact) mass is 482 g/mol. The summed E-state index contributed by atoms with van der Waals surface area (Å²) in [6.07, 6.45) is 9.09. The van der Waals surface area contributed by atoms with Gasteiger partial charge in [0.25, 0.3) is 0 Å². The third kappa shape index (κ3) is 8.87. The van der Waals surface area contributed by atoms with Crippen LogP contribution in [-0.4, -0.2) is 5.75 Å². The Labute approximate surface area is 202 Å². The molecule has 0 aliphatic carbocycles. The van der Waals surface area contributed by atoms with Gasteiger partial charge in [-0.05, 0) is 90.8 Å². The van der Waals surface area contributed by atoms with Crippen LogP contribution in [0.5, 0.6) is 0 Å². The van der Waals surface area contributed by atoms with Crippen LogP contribution in [0.1, 0.15) is 74.5 Å². The summed E-state index contributed by atoms with van der Waals surface area (Å²) in [6.45, 7) is 8.54. The van der Waals surface area contributed by atoms with Crippen molar-refractivity contribution in [2.45, 2.75) is 71.1 Å². The quantitative estimate of drug-likeness (QED) is 0.255. The van der Waals surface area contributed by atoms with Gasteiger partial charge in [-0.2, -0.15) is 0 Å². The zero-order valence-corrected chi connectivity index (χ0v) is 21.2. The minimum Gasteiger partial charge on any atom is -0.131 e. The number of unbranched alkanes of at least 4 members (excludes halogenated alkanes) is 2. The molecule has 164 valence electrons. The molecular formula is C26H33Cl3S. The molecule has 2 rings (SSSR count). The Balaban J connectivity index is 1.77. The first-order valence-corrected chi connectivity index (χ1v) is 13.0. The Morgan fingerprint density at radius 3 is 2.37 bits per heavy atom. The van der Waals surface area contributed by atoms with Gasteiger partial charge in [-0.15, -0.1) is 11.8 Å². The maximum absolute atomic E-state index is 6.58. The fourth-order valence-electron chi connectivity index (χ4n) is 3.78. The molecule has 0 radical (unpaired) electrons. The molecule has 0 aromatic heterocycles. The molecule has 0 N–H and O–H groups in total. The third-order valence-corrected chi connectivity index (χ3v) is 7.26. The average molecular weight is 484 g/mol. The lowest BCUT2D eigenvalue weighted by Crippen LogP contribution is -2.02. The molecular weight excluding hydrogens is 451 g/mol. The van der Waals surface area contributed by atoms with E-state index in [1.807, 2.05) is 49.0 Å². The summed E-state index contributed by atoms with van der Waals surface area (Å²) < 4.78 is 0. The first-order chi connectivity index (χ1) is 14.4. The van der Waals surface area contributed by atoms with Crippen molar-refractivity contribution >= 4 is 46.6 Å². The molecule has 30 heavy (non-hydrogen) atoms. The zero-order chi connectivity index (χ0) is 21.9. The van der Waals surface area contributed by atoms with Crippen molar-refractivity contribution in [3.8, 4) is 0 Å². The molecule has 0 amide bonds. The average Bonchev–Trinajstić information content (AvgIpc) is 2.68. The second kappa shape index (κ2) is 13.7. The molecule has 0 bridgehead atoms. The van der Waals surface area contributed by atoms with Crippen LogP contribution in [0.2, 0.25) is 15.1 Å². The summed E-state index contributed by atoms with van der Waals surface area (Å²) in [4.78, 5) is 1.27. The molecule has 0 saturated carbocycles. The van der Waals surface area contributed by atoms with Crippen LogP contribution in [0.4, 0.5) is 0 Å². The van der Waals surface area contributed by atoms with Gasteiger partial charge in [-0.25, -0.2) is 0 Å². The van der Waals surface area contributed by atoms with E-state index in [0.29, 0.717) is 5.92 Å². The number of hydrogen-bond donors (Lipinski definition) is 0. The van der Waals surface area contributed by atoms with E-state index in [0.717, 1.165) is 64.1 Å². The van der Waals surface area contributed by atoms with Crippen molar-refractivity contribution in [1.29, 1.82) is 0 Å². The Morgan fingerprint density at radius 1 is 1.00 bits per heavy atom. The van der Waals surface area contributed by atoms with E-state index >= 15 is 0 Å². The lowest BCUT2D eigenvalue weighted by Gasteiger charge is -2.20. The highest BCUT2D eigenvalue weighted by molar-refractivity contribution is 8.03. The zero-order valence-electron chi connectivity index (χ0n) is 18.2. The smallest absolute Gasteiger partial charge is 0.0458 e. The molecule has 0 aliphatic rings. The topological polar surface area (TPSA) is 0 Å². The van der Waals surface area contributed by atoms with E-state index in [1.54, 1.807) is 0 Å². The number of allylic oxidation sites excluding steroid dienone is 1. The molecule has 0 aliphatic heterocycles. The SMILES string of the molecule is C=C(CCCCC(CCCC)c1c(Cl)cc(C)cc1Cl)SCCc1cccc(Cl)c1. The van der Waals surface area contributed by atoms with E-state index in [2.05, 4.69) is 19.6 Å². The minimum atomic E-state index is 0.439. The number of rotatable bonds is 13. The molecule has 1 unspecified atom stereocenters. The predicted molar refractivity (Wildman–Crippen MR) is 139 cm³/mol. The summed E-state index contributed by atoms with van der Waals surface area (Å²) in [6, 6.07) is 12.2. The lowest BCUT2D eigenvalue weighted by atomic mass is 9.88. The van der Waals surface area contributed by atoms with Gasteiger partial charge in [0.2, 0.25) is 0 Å². The highest BCUT2D eigenvalue weighted by Gasteiger charge is 2.18. The molecule has 0 spiro atoms. The number of aryl methyl sites for hydroxylation is 2. The second-order valence-electron chi connectivity index (χ2n) is 7.99. The number of thioether (sulfide) groups is 1. The van der Waals surface area contributed by atoms with Gasteiger partial charge >= 0.3 is 0 Å². The first-order valence-electron chi connectivity index (χ1n) is 10.9. The van der Waals surface area contributed by atoms with E-state index in [1.165, 1.54) is 29.7 Å².